The van der Waals surface area contributed by atoms with E-state index in [-0.39, 0.29) is 11.4 Å². The van der Waals surface area contributed by atoms with Gasteiger partial charge in [0.25, 0.3) is 12.2 Å². The third kappa shape index (κ3) is 2.19. The van der Waals surface area contributed by atoms with Crippen LogP contribution in [0.2, 0.25) is 0 Å². The Labute approximate surface area is 115 Å². The van der Waals surface area contributed by atoms with Crippen LogP contribution in [0.5, 0.6) is 5.88 Å². The van der Waals surface area contributed by atoms with Crippen LogP contribution in [0, 0.1) is 0 Å². The van der Waals surface area contributed by atoms with Crippen LogP contribution in [0.15, 0.2) is 77.9 Å². The molecular formula is C16H13N2O2+. The van der Waals surface area contributed by atoms with Gasteiger partial charge < -0.3 is 5.11 Å². The lowest BCUT2D eigenvalue weighted by Crippen LogP contribution is -2.37. The molecule has 0 unspecified atom stereocenters. The Balaban J connectivity index is 2.21. The molecule has 1 N–H and O–H groups in total. The van der Waals surface area contributed by atoms with Crippen molar-refractivity contribution in [1.29, 1.82) is 0 Å². The molecule has 0 fully saturated rings. The van der Waals surface area contributed by atoms with E-state index in [0.717, 1.165) is 11.4 Å². The van der Waals surface area contributed by atoms with Crippen LogP contribution < -0.4 is 10.1 Å². The molecule has 0 bridgehead atoms. The summed E-state index contributed by atoms with van der Waals surface area (Å²) in [5.41, 5.74) is 1.26. The molecule has 1 heterocycles. The van der Waals surface area contributed by atoms with Crippen LogP contribution in [0.4, 0.5) is 0 Å². The number of hydrogen-bond acceptors (Lipinski definition) is 2. The molecule has 4 heteroatoms. The number of aromatic hydroxyl groups is 1. The van der Waals surface area contributed by atoms with Crippen LogP contribution in [0.25, 0.3) is 11.4 Å². The lowest BCUT2D eigenvalue weighted by molar-refractivity contribution is -0.608. The molecule has 20 heavy (non-hydrogen) atoms. The zero-order valence-electron chi connectivity index (χ0n) is 10.7. The van der Waals surface area contributed by atoms with Crippen molar-refractivity contribution >= 4 is 0 Å². The van der Waals surface area contributed by atoms with Gasteiger partial charge in [-0.25, -0.2) is 4.79 Å². The Kier molecular flexibility index (Phi) is 3.05. The molecule has 0 spiro atoms. The third-order valence-corrected chi connectivity index (χ3v) is 3.04. The Morgan fingerprint density at radius 1 is 0.900 bits per heavy atom. The molecule has 0 saturated carbocycles. The van der Waals surface area contributed by atoms with Gasteiger partial charge in [0.05, 0.1) is 0 Å². The summed E-state index contributed by atoms with van der Waals surface area (Å²) in [7, 11) is 0. The second-order valence-electron chi connectivity index (χ2n) is 4.37. The first kappa shape index (κ1) is 12.2. The SMILES string of the molecule is O=c1cc(O)[n+](-c2ccccc2)cn1-c1ccccc1. The van der Waals surface area contributed by atoms with Crippen molar-refractivity contribution in [3.05, 3.63) is 83.4 Å². The predicted octanol–water partition coefficient (Wildman–Crippen LogP) is 1.82. The Hall–Kier alpha value is -2.88. The quantitative estimate of drug-likeness (QED) is 0.718. The minimum atomic E-state index is -0.277. The summed E-state index contributed by atoms with van der Waals surface area (Å²) in [5, 5.41) is 9.97. The first-order chi connectivity index (χ1) is 9.75. The van der Waals surface area contributed by atoms with Gasteiger partial charge in [-0.1, -0.05) is 36.4 Å². The molecule has 0 aliphatic rings. The standard InChI is InChI=1S/C16H12N2O2/c19-15-11-16(20)18(14-9-5-2-6-10-14)12-17(15)13-7-3-1-4-8-13/h1-12H/p+1. The Morgan fingerprint density at radius 2 is 1.50 bits per heavy atom. The highest BCUT2D eigenvalue weighted by atomic mass is 16.3. The number of hydrogen-bond donors (Lipinski definition) is 1. The van der Waals surface area contributed by atoms with Gasteiger partial charge in [-0.2, -0.15) is 9.13 Å². The third-order valence-electron chi connectivity index (χ3n) is 3.04. The average Bonchev–Trinajstić information content (AvgIpc) is 2.49. The van der Waals surface area contributed by atoms with Gasteiger partial charge in [0.2, 0.25) is 0 Å². The molecule has 98 valence electrons. The van der Waals surface area contributed by atoms with Gasteiger partial charge in [-0.3, -0.25) is 0 Å². The number of aromatic nitrogens is 2. The van der Waals surface area contributed by atoms with Crippen molar-refractivity contribution in [2.75, 3.05) is 0 Å². The maximum atomic E-state index is 12.0. The van der Waals surface area contributed by atoms with E-state index in [1.165, 1.54) is 10.6 Å². The molecule has 3 aromatic rings. The zero-order valence-corrected chi connectivity index (χ0v) is 10.7. The minimum Gasteiger partial charge on any atom is -0.477 e. The summed E-state index contributed by atoms with van der Waals surface area (Å²) in [6, 6.07) is 19.9. The average molecular weight is 265 g/mol. The molecule has 2 aromatic carbocycles. The van der Waals surface area contributed by atoms with Crippen LogP contribution in [-0.2, 0) is 0 Å². The van der Waals surface area contributed by atoms with E-state index in [9.17, 15) is 9.90 Å². The summed E-state index contributed by atoms with van der Waals surface area (Å²) < 4.78 is 3.06. The van der Waals surface area contributed by atoms with Crippen molar-refractivity contribution in [3.63, 3.8) is 0 Å². The van der Waals surface area contributed by atoms with Gasteiger partial charge in [-0.15, -0.1) is 0 Å². The first-order valence-electron chi connectivity index (χ1n) is 6.24. The van der Waals surface area contributed by atoms with Crippen molar-refractivity contribution in [2.45, 2.75) is 0 Å². The summed E-state index contributed by atoms with van der Waals surface area (Å²) in [6.07, 6.45) is 1.59. The highest BCUT2D eigenvalue weighted by Gasteiger charge is 2.15. The summed E-state index contributed by atoms with van der Waals surface area (Å²) in [5.74, 6) is -0.0895. The Bertz CT molecular complexity index is 781. The van der Waals surface area contributed by atoms with Crippen molar-refractivity contribution in [1.82, 2.24) is 4.57 Å². The van der Waals surface area contributed by atoms with Crippen molar-refractivity contribution < 1.29 is 9.67 Å². The first-order valence-corrected chi connectivity index (χ1v) is 6.24. The van der Waals surface area contributed by atoms with E-state index in [4.69, 9.17) is 0 Å². The summed E-state index contributed by atoms with van der Waals surface area (Å²) in [6.45, 7) is 0. The van der Waals surface area contributed by atoms with Crippen LogP contribution in [-0.4, -0.2) is 9.67 Å². The number of nitrogens with zero attached hydrogens (tertiary/aromatic N) is 2. The lowest BCUT2D eigenvalue weighted by atomic mass is 10.3. The molecule has 0 atom stereocenters. The van der Waals surface area contributed by atoms with E-state index < -0.39 is 0 Å². The van der Waals surface area contributed by atoms with E-state index in [1.807, 2.05) is 60.7 Å². The maximum absolute atomic E-state index is 12.0. The van der Waals surface area contributed by atoms with Crippen LogP contribution in [0.1, 0.15) is 0 Å². The van der Waals surface area contributed by atoms with Gasteiger partial charge in [0, 0.05) is 0 Å². The second kappa shape index (κ2) is 5.01. The largest absolute Gasteiger partial charge is 0.477 e. The topological polar surface area (TPSA) is 46.1 Å². The normalized spacial score (nSPS) is 10.4. The zero-order chi connectivity index (χ0) is 13.9. The Morgan fingerprint density at radius 3 is 2.15 bits per heavy atom. The van der Waals surface area contributed by atoms with E-state index in [2.05, 4.69) is 0 Å². The monoisotopic (exact) mass is 265 g/mol. The fraction of sp³-hybridized carbons (Fsp3) is 0. The second-order valence-corrected chi connectivity index (χ2v) is 4.37. The summed E-state index contributed by atoms with van der Waals surface area (Å²) >= 11 is 0. The lowest BCUT2D eigenvalue weighted by Gasteiger charge is -2.04. The number of para-hydroxylation sites is 2. The molecule has 4 nitrogen and oxygen atoms in total. The smallest absolute Gasteiger partial charge is 0.346 e. The summed E-state index contributed by atoms with van der Waals surface area (Å²) in [4.78, 5) is 12.0. The molecule has 3 rings (SSSR count). The maximum Gasteiger partial charge on any atom is 0.346 e. The fourth-order valence-corrected chi connectivity index (χ4v) is 2.05. The van der Waals surface area contributed by atoms with E-state index >= 15 is 0 Å². The van der Waals surface area contributed by atoms with Gasteiger partial charge in [-0.05, 0) is 24.3 Å². The molecule has 0 amide bonds. The van der Waals surface area contributed by atoms with Gasteiger partial charge in [0.15, 0.2) is 0 Å². The predicted molar refractivity (Wildman–Crippen MR) is 75.2 cm³/mol. The minimum absolute atomic E-state index is 0.0895. The molecule has 1 aromatic heterocycles. The molecule has 0 aliphatic heterocycles. The van der Waals surface area contributed by atoms with E-state index in [1.54, 1.807) is 10.9 Å². The number of benzene rings is 2. The van der Waals surface area contributed by atoms with Crippen LogP contribution >= 0.6 is 0 Å². The highest BCUT2D eigenvalue weighted by Crippen LogP contribution is 2.07. The molecule has 0 saturated heterocycles. The van der Waals surface area contributed by atoms with Crippen molar-refractivity contribution in [3.8, 4) is 17.3 Å². The van der Waals surface area contributed by atoms with E-state index in [0.29, 0.717) is 0 Å². The van der Waals surface area contributed by atoms with Gasteiger partial charge in [0.1, 0.15) is 17.4 Å². The molecular weight excluding hydrogens is 252 g/mol. The highest BCUT2D eigenvalue weighted by molar-refractivity contribution is 5.31. The fourth-order valence-electron chi connectivity index (χ4n) is 2.05. The van der Waals surface area contributed by atoms with Crippen molar-refractivity contribution in [2.24, 2.45) is 0 Å². The molecule has 0 radical (unpaired) electrons. The van der Waals surface area contributed by atoms with Gasteiger partial charge >= 0.3 is 5.56 Å². The molecule has 0 aliphatic carbocycles. The number of rotatable bonds is 2. The van der Waals surface area contributed by atoms with Crippen LogP contribution in [0.3, 0.4) is 0 Å².